The number of aryl methyl sites for hydroxylation is 1. The second-order valence-corrected chi connectivity index (χ2v) is 9.96. The smallest absolute Gasteiger partial charge is 0.416 e. The van der Waals surface area contributed by atoms with Crippen molar-refractivity contribution in [2.45, 2.75) is 57.9 Å². The lowest BCUT2D eigenvalue weighted by atomic mass is 9.91. The second kappa shape index (κ2) is 10.9. The summed E-state index contributed by atoms with van der Waals surface area (Å²) in [4.78, 5) is 26.0. The van der Waals surface area contributed by atoms with Crippen LogP contribution in [0.1, 0.15) is 58.4 Å². The SMILES string of the molecule is CCc1ccc(C[C@]2(C)Cc3cc(C(=O)N(CCC(=O)O)Cc4ccc(C(F)(F)F)cc4)ccc3O2)cc1. The van der Waals surface area contributed by atoms with E-state index in [2.05, 4.69) is 31.2 Å². The zero-order valence-electron chi connectivity index (χ0n) is 21.3. The van der Waals surface area contributed by atoms with Crippen LogP contribution in [-0.2, 0) is 36.8 Å². The highest BCUT2D eigenvalue weighted by Gasteiger charge is 2.36. The van der Waals surface area contributed by atoms with Gasteiger partial charge in [-0.15, -0.1) is 0 Å². The molecule has 0 bridgehead atoms. The van der Waals surface area contributed by atoms with Crippen LogP contribution in [0.4, 0.5) is 13.2 Å². The van der Waals surface area contributed by atoms with Gasteiger partial charge in [0.2, 0.25) is 0 Å². The van der Waals surface area contributed by atoms with E-state index in [0.29, 0.717) is 29.7 Å². The van der Waals surface area contributed by atoms with E-state index in [4.69, 9.17) is 9.84 Å². The molecule has 0 radical (unpaired) electrons. The van der Waals surface area contributed by atoms with Crippen molar-refractivity contribution in [2.75, 3.05) is 6.54 Å². The summed E-state index contributed by atoms with van der Waals surface area (Å²) in [5.74, 6) is -0.757. The average Bonchev–Trinajstić information content (AvgIpc) is 3.21. The summed E-state index contributed by atoms with van der Waals surface area (Å²) in [6, 6.07) is 18.1. The Labute approximate surface area is 219 Å². The van der Waals surface area contributed by atoms with E-state index in [1.54, 1.807) is 18.2 Å². The normalized spacial score (nSPS) is 16.6. The number of halogens is 3. The van der Waals surface area contributed by atoms with Gasteiger partial charge in [-0.3, -0.25) is 9.59 Å². The minimum Gasteiger partial charge on any atom is -0.487 e. The highest BCUT2D eigenvalue weighted by atomic mass is 19.4. The highest BCUT2D eigenvalue weighted by Crippen LogP contribution is 2.38. The number of amides is 1. The monoisotopic (exact) mass is 525 g/mol. The van der Waals surface area contributed by atoms with Crippen LogP contribution in [0.25, 0.3) is 0 Å². The van der Waals surface area contributed by atoms with Crippen LogP contribution >= 0.6 is 0 Å². The number of ether oxygens (including phenoxy) is 1. The molecule has 0 fully saturated rings. The van der Waals surface area contributed by atoms with Gasteiger partial charge < -0.3 is 14.7 Å². The molecule has 200 valence electrons. The number of hydrogen-bond acceptors (Lipinski definition) is 3. The number of nitrogens with zero attached hydrogens (tertiary/aromatic N) is 1. The van der Waals surface area contributed by atoms with Gasteiger partial charge in [-0.25, -0.2) is 0 Å². The van der Waals surface area contributed by atoms with Gasteiger partial charge in [0.15, 0.2) is 0 Å². The molecule has 1 amide bonds. The summed E-state index contributed by atoms with van der Waals surface area (Å²) in [7, 11) is 0. The number of carboxylic acid groups (broad SMARTS) is 1. The van der Waals surface area contributed by atoms with Crippen molar-refractivity contribution in [2.24, 2.45) is 0 Å². The van der Waals surface area contributed by atoms with E-state index in [9.17, 15) is 22.8 Å². The third kappa shape index (κ3) is 6.54. The van der Waals surface area contributed by atoms with Gasteiger partial charge in [0.25, 0.3) is 5.91 Å². The molecule has 4 rings (SSSR count). The Morgan fingerprint density at radius 2 is 1.61 bits per heavy atom. The summed E-state index contributed by atoms with van der Waals surface area (Å²) >= 11 is 0. The molecular formula is C30H30F3NO4. The molecule has 1 heterocycles. The van der Waals surface area contributed by atoms with Gasteiger partial charge in [0.05, 0.1) is 12.0 Å². The fourth-order valence-corrected chi connectivity index (χ4v) is 4.76. The first-order valence-corrected chi connectivity index (χ1v) is 12.5. The number of carbonyl (C=O) groups is 2. The first-order valence-electron chi connectivity index (χ1n) is 12.5. The van der Waals surface area contributed by atoms with E-state index in [1.165, 1.54) is 22.6 Å². The van der Waals surface area contributed by atoms with E-state index in [1.807, 2.05) is 6.92 Å². The zero-order chi connectivity index (χ0) is 27.5. The number of hydrogen-bond donors (Lipinski definition) is 1. The van der Waals surface area contributed by atoms with Crippen molar-refractivity contribution in [1.82, 2.24) is 4.90 Å². The summed E-state index contributed by atoms with van der Waals surface area (Å²) in [6.45, 7) is 4.06. The van der Waals surface area contributed by atoms with E-state index in [0.717, 1.165) is 29.7 Å². The molecule has 1 N–H and O–H groups in total. The Morgan fingerprint density at radius 3 is 2.21 bits per heavy atom. The molecule has 1 aliphatic rings. The van der Waals surface area contributed by atoms with Crippen LogP contribution < -0.4 is 4.74 Å². The number of carboxylic acids is 1. The van der Waals surface area contributed by atoms with Gasteiger partial charge in [-0.1, -0.05) is 43.3 Å². The van der Waals surface area contributed by atoms with Gasteiger partial charge in [0.1, 0.15) is 11.4 Å². The third-order valence-electron chi connectivity index (χ3n) is 6.77. The number of benzene rings is 3. The minimum absolute atomic E-state index is 0.0106. The Morgan fingerprint density at radius 1 is 0.974 bits per heavy atom. The molecule has 5 nitrogen and oxygen atoms in total. The predicted molar refractivity (Wildman–Crippen MR) is 137 cm³/mol. The fraction of sp³-hybridized carbons (Fsp3) is 0.333. The van der Waals surface area contributed by atoms with Crippen LogP contribution in [0.5, 0.6) is 5.75 Å². The molecule has 0 spiro atoms. The maximum absolute atomic E-state index is 13.4. The summed E-state index contributed by atoms with van der Waals surface area (Å²) in [5.41, 5.74) is 2.90. The van der Waals surface area contributed by atoms with Gasteiger partial charge >= 0.3 is 12.1 Å². The largest absolute Gasteiger partial charge is 0.487 e. The molecule has 38 heavy (non-hydrogen) atoms. The van der Waals surface area contributed by atoms with Crippen LogP contribution in [0.15, 0.2) is 66.7 Å². The predicted octanol–water partition coefficient (Wildman–Crippen LogP) is 6.32. The highest BCUT2D eigenvalue weighted by molar-refractivity contribution is 5.95. The van der Waals surface area contributed by atoms with E-state index < -0.39 is 29.2 Å². The molecule has 8 heteroatoms. The standard InChI is InChI=1S/C30H30F3NO4/c1-3-20-4-6-21(7-5-20)17-29(2)18-24-16-23(10-13-26(24)38-29)28(37)34(15-14-27(35)36)19-22-8-11-25(12-9-22)30(31,32)33/h4-13,16H,3,14-15,17-19H2,1-2H3,(H,35,36)/t29-/m1/s1. The number of aliphatic carboxylic acids is 1. The number of alkyl halides is 3. The van der Waals surface area contributed by atoms with E-state index in [-0.39, 0.29) is 19.5 Å². The first-order chi connectivity index (χ1) is 18.0. The average molecular weight is 526 g/mol. The molecule has 0 aromatic heterocycles. The summed E-state index contributed by atoms with van der Waals surface area (Å²) in [6.07, 6.45) is -2.47. The first kappa shape index (κ1) is 27.2. The lowest BCUT2D eigenvalue weighted by Crippen LogP contribution is -2.33. The van der Waals surface area contributed by atoms with Crippen molar-refractivity contribution >= 4 is 11.9 Å². The summed E-state index contributed by atoms with van der Waals surface area (Å²) < 4.78 is 45.0. The van der Waals surface area contributed by atoms with Gasteiger partial charge in [-0.05, 0) is 65.9 Å². The van der Waals surface area contributed by atoms with Crippen LogP contribution in [0.2, 0.25) is 0 Å². The van der Waals surface area contributed by atoms with Crippen LogP contribution in [0, 0.1) is 0 Å². The van der Waals surface area contributed by atoms with Crippen molar-refractivity contribution in [3.8, 4) is 5.75 Å². The van der Waals surface area contributed by atoms with E-state index >= 15 is 0 Å². The molecule has 0 unspecified atom stereocenters. The van der Waals surface area contributed by atoms with Crippen molar-refractivity contribution in [3.63, 3.8) is 0 Å². The van der Waals surface area contributed by atoms with Crippen LogP contribution in [0.3, 0.4) is 0 Å². The molecule has 0 saturated carbocycles. The molecule has 1 atom stereocenters. The lowest BCUT2D eigenvalue weighted by Gasteiger charge is -2.24. The molecule has 3 aromatic carbocycles. The molecular weight excluding hydrogens is 495 g/mol. The number of rotatable bonds is 9. The van der Waals surface area contributed by atoms with Gasteiger partial charge in [-0.2, -0.15) is 13.2 Å². The second-order valence-electron chi connectivity index (χ2n) is 9.96. The Kier molecular flexibility index (Phi) is 7.81. The Balaban J connectivity index is 1.50. The molecule has 1 aliphatic heterocycles. The number of carbonyl (C=O) groups excluding carboxylic acids is 1. The van der Waals surface area contributed by atoms with Crippen LogP contribution in [-0.4, -0.2) is 34.0 Å². The summed E-state index contributed by atoms with van der Waals surface area (Å²) in [5, 5.41) is 9.16. The lowest BCUT2D eigenvalue weighted by molar-refractivity contribution is -0.138. The maximum atomic E-state index is 13.4. The maximum Gasteiger partial charge on any atom is 0.416 e. The van der Waals surface area contributed by atoms with Crippen molar-refractivity contribution in [1.29, 1.82) is 0 Å². The third-order valence-corrected chi connectivity index (χ3v) is 6.77. The molecule has 0 saturated heterocycles. The zero-order valence-corrected chi connectivity index (χ0v) is 21.3. The topological polar surface area (TPSA) is 66.8 Å². The van der Waals surface area contributed by atoms with Crippen molar-refractivity contribution in [3.05, 3.63) is 100 Å². The fourth-order valence-electron chi connectivity index (χ4n) is 4.76. The van der Waals surface area contributed by atoms with Crippen molar-refractivity contribution < 1.29 is 32.6 Å². The quantitative estimate of drug-likeness (QED) is 0.355. The van der Waals surface area contributed by atoms with Gasteiger partial charge in [0, 0.05) is 31.5 Å². The minimum atomic E-state index is -4.46. The number of fused-ring (bicyclic) bond motifs is 1. The Hall–Kier alpha value is -3.81. The molecule has 3 aromatic rings. The molecule has 0 aliphatic carbocycles. The Bertz CT molecular complexity index is 1300.